The SMILES string of the molecule is COCCCNCCN(C)Cc1cscn1. The van der Waals surface area contributed by atoms with Crippen LogP contribution in [0.5, 0.6) is 0 Å². The van der Waals surface area contributed by atoms with Gasteiger partial charge in [0.2, 0.25) is 0 Å². The number of hydrogen-bond donors (Lipinski definition) is 1. The maximum absolute atomic E-state index is 4.98. The van der Waals surface area contributed by atoms with Crippen molar-refractivity contribution in [2.45, 2.75) is 13.0 Å². The van der Waals surface area contributed by atoms with Gasteiger partial charge in [-0.2, -0.15) is 0 Å². The van der Waals surface area contributed by atoms with Crippen molar-refractivity contribution in [2.75, 3.05) is 40.4 Å². The Kier molecular flexibility index (Phi) is 7.33. The van der Waals surface area contributed by atoms with Crippen molar-refractivity contribution in [1.29, 1.82) is 0 Å². The standard InChI is InChI=1S/C11H21N3OS/c1-14(8-11-9-16-10-13-11)6-5-12-4-3-7-15-2/h9-10,12H,3-8H2,1-2H3. The maximum atomic E-state index is 4.98. The summed E-state index contributed by atoms with van der Waals surface area (Å²) in [6, 6.07) is 0. The minimum Gasteiger partial charge on any atom is -0.385 e. The highest BCUT2D eigenvalue weighted by atomic mass is 32.1. The van der Waals surface area contributed by atoms with Gasteiger partial charge in [0.15, 0.2) is 0 Å². The molecule has 0 unspecified atom stereocenters. The molecule has 1 aromatic rings. The van der Waals surface area contributed by atoms with E-state index in [0.717, 1.165) is 44.9 Å². The number of likely N-dealkylation sites (N-methyl/N-ethyl adjacent to an activating group) is 1. The highest BCUT2D eigenvalue weighted by molar-refractivity contribution is 7.07. The number of nitrogens with zero attached hydrogens (tertiary/aromatic N) is 2. The predicted octanol–water partition coefficient (Wildman–Crippen LogP) is 1.20. The molecule has 0 radical (unpaired) electrons. The lowest BCUT2D eigenvalue weighted by molar-refractivity contribution is 0.194. The molecule has 1 rings (SSSR count). The Bertz CT molecular complexity index is 254. The Labute approximate surface area is 102 Å². The summed E-state index contributed by atoms with van der Waals surface area (Å²) in [4.78, 5) is 6.54. The molecule has 0 amide bonds. The average Bonchev–Trinajstić information content (AvgIpc) is 2.76. The van der Waals surface area contributed by atoms with Crippen molar-refractivity contribution < 1.29 is 4.74 Å². The fraction of sp³-hybridized carbons (Fsp3) is 0.727. The van der Waals surface area contributed by atoms with Gasteiger partial charge in [0.1, 0.15) is 0 Å². The van der Waals surface area contributed by atoms with Crippen LogP contribution in [0.4, 0.5) is 0 Å². The molecule has 92 valence electrons. The normalized spacial score (nSPS) is 11.2. The molecule has 0 bridgehead atoms. The summed E-state index contributed by atoms with van der Waals surface area (Å²) in [5, 5.41) is 5.49. The molecule has 5 heteroatoms. The molecule has 1 heterocycles. The van der Waals surface area contributed by atoms with Crippen LogP contribution in [0.25, 0.3) is 0 Å². The summed E-state index contributed by atoms with van der Waals surface area (Å²) in [5.74, 6) is 0. The summed E-state index contributed by atoms with van der Waals surface area (Å²) in [6.45, 7) is 4.86. The average molecular weight is 243 g/mol. The quantitative estimate of drug-likeness (QED) is 0.661. The molecule has 0 aliphatic carbocycles. The first-order valence-corrected chi connectivity index (χ1v) is 6.52. The van der Waals surface area contributed by atoms with E-state index < -0.39 is 0 Å². The van der Waals surface area contributed by atoms with Gasteiger partial charge in [-0.3, -0.25) is 4.90 Å². The molecule has 16 heavy (non-hydrogen) atoms. The van der Waals surface area contributed by atoms with E-state index in [1.165, 1.54) is 0 Å². The van der Waals surface area contributed by atoms with E-state index in [9.17, 15) is 0 Å². The van der Waals surface area contributed by atoms with Crippen molar-refractivity contribution in [3.8, 4) is 0 Å². The van der Waals surface area contributed by atoms with Crippen LogP contribution in [-0.2, 0) is 11.3 Å². The Morgan fingerprint density at radius 1 is 1.50 bits per heavy atom. The minimum atomic E-state index is 0.835. The number of ether oxygens (including phenoxy) is 1. The third-order valence-corrected chi connectivity index (χ3v) is 2.92. The zero-order valence-corrected chi connectivity index (χ0v) is 10.9. The van der Waals surface area contributed by atoms with Gasteiger partial charge in [0.05, 0.1) is 11.2 Å². The first-order valence-electron chi connectivity index (χ1n) is 5.58. The molecule has 0 saturated carbocycles. The first-order chi connectivity index (χ1) is 7.83. The van der Waals surface area contributed by atoms with Crippen LogP contribution in [0.1, 0.15) is 12.1 Å². The lowest BCUT2D eigenvalue weighted by Gasteiger charge is -2.15. The summed E-state index contributed by atoms with van der Waals surface area (Å²) in [5.41, 5.74) is 3.04. The zero-order chi connectivity index (χ0) is 11.6. The van der Waals surface area contributed by atoms with Crippen LogP contribution in [0.3, 0.4) is 0 Å². The third-order valence-electron chi connectivity index (χ3n) is 2.29. The number of aromatic nitrogens is 1. The summed E-state index contributed by atoms with van der Waals surface area (Å²) >= 11 is 1.65. The van der Waals surface area contributed by atoms with Crippen molar-refractivity contribution >= 4 is 11.3 Å². The van der Waals surface area contributed by atoms with Crippen LogP contribution >= 0.6 is 11.3 Å². The Morgan fingerprint density at radius 2 is 2.38 bits per heavy atom. The van der Waals surface area contributed by atoms with Crippen molar-refractivity contribution in [3.63, 3.8) is 0 Å². The molecule has 1 N–H and O–H groups in total. The third kappa shape index (κ3) is 6.17. The minimum absolute atomic E-state index is 0.835. The number of thiazole rings is 1. The van der Waals surface area contributed by atoms with Gasteiger partial charge in [-0.05, 0) is 20.0 Å². The van der Waals surface area contributed by atoms with Gasteiger partial charge in [0, 0.05) is 38.7 Å². The summed E-state index contributed by atoms with van der Waals surface area (Å²) in [7, 11) is 3.86. The molecule has 0 aliphatic rings. The molecule has 1 aromatic heterocycles. The topological polar surface area (TPSA) is 37.4 Å². The Balaban J connectivity index is 1.96. The van der Waals surface area contributed by atoms with Crippen molar-refractivity contribution in [1.82, 2.24) is 15.2 Å². The van der Waals surface area contributed by atoms with Crippen LogP contribution in [-0.4, -0.2) is 50.3 Å². The first kappa shape index (κ1) is 13.6. The Morgan fingerprint density at radius 3 is 3.06 bits per heavy atom. The van der Waals surface area contributed by atoms with Gasteiger partial charge < -0.3 is 10.1 Å². The molecule has 0 saturated heterocycles. The summed E-state index contributed by atoms with van der Waals surface area (Å²) in [6.07, 6.45) is 1.08. The van der Waals surface area contributed by atoms with E-state index in [0.29, 0.717) is 0 Å². The molecular weight excluding hydrogens is 222 g/mol. The van der Waals surface area contributed by atoms with E-state index >= 15 is 0 Å². The van der Waals surface area contributed by atoms with E-state index in [-0.39, 0.29) is 0 Å². The van der Waals surface area contributed by atoms with Gasteiger partial charge in [-0.1, -0.05) is 0 Å². The van der Waals surface area contributed by atoms with Crippen molar-refractivity contribution in [3.05, 3.63) is 16.6 Å². The second-order valence-corrected chi connectivity index (χ2v) is 4.53. The van der Waals surface area contributed by atoms with Gasteiger partial charge in [-0.15, -0.1) is 11.3 Å². The maximum Gasteiger partial charge on any atom is 0.0795 e. The zero-order valence-electron chi connectivity index (χ0n) is 10.1. The second-order valence-electron chi connectivity index (χ2n) is 3.81. The fourth-order valence-corrected chi connectivity index (χ4v) is 1.96. The van der Waals surface area contributed by atoms with Gasteiger partial charge >= 0.3 is 0 Å². The largest absolute Gasteiger partial charge is 0.385 e. The predicted molar refractivity (Wildman–Crippen MR) is 67.8 cm³/mol. The highest BCUT2D eigenvalue weighted by Crippen LogP contribution is 2.03. The second kappa shape index (κ2) is 8.64. The van der Waals surface area contributed by atoms with Gasteiger partial charge in [0.25, 0.3) is 0 Å². The molecule has 4 nitrogen and oxygen atoms in total. The van der Waals surface area contributed by atoms with Gasteiger partial charge in [-0.25, -0.2) is 4.98 Å². The monoisotopic (exact) mass is 243 g/mol. The van der Waals surface area contributed by atoms with Crippen LogP contribution in [0.2, 0.25) is 0 Å². The molecule has 0 aromatic carbocycles. The molecule has 0 aliphatic heterocycles. The lowest BCUT2D eigenvalue weighted by Crippen LogP contribution is -2.29. The van der Waals surface area contributed by atoms with Crippen molar-refractivity contribution in [2.24, 2.45) is 0 Å². The number of hydrogen-bond acceptors (Lipinski definition) is 5. The van der Waals surface area contributed by atoms with E-state index in [2.05, 4.69) is 27.6 Å². The number of rotatable bonds is 9. The smallest absolute Gasteiger partial charge is 0.0795 e. The lowest BCUT2D eigenvalue weighted by atomic mass is 10.4. The Hall–Kier alpha value is -0.490. The fourth-order valence-electron chi connectivity index (χ4n) is 1.41. The number of nitrogens with one attached hydrogen (secondary N) is 1. The van der Waals surface area contributed by atoms with E-state index in [4.69, 9.17) is 4.74 Å². The van der Waals surface area contributed by atoms with Crippen LogP contribution < -0.4 is 5.32 Å². The van der Waals surface area contributed by atoms with E-state index in [1.54, 1.807) is 18.4 Å². The van der Waals surface area contributed by atoms with Crippen LogP contribution in [0.15, 0.2) is 10.9 Å². The molecule has 0 fully saturated rings. The molecule has 0 spiro atoms. The van der Waals surface area contributed by atoms with Crippen LogP contribution in [0, 0.1) is 0 Å². The highest BCUT2D eigenvalue weighted by Gasteiger charge is 2.00. The summed E-state index contributed by atoms with van der Waals surface area (Å²) < 4.78 is 4.98. The van der Waals surface area contributed by atoms with E-state index in [1.807, 2.05) is 5.51 Å². The number of methoxy groups -OCH3 is 1. The molecular formula is C11H21N3OS. The molecule has 0 atom stereocenters.